The van der Waals surface area contributed by atoms with Crippen molar-refractivity contribution in [3.63, 3.8) is 0 Å². The topological polar surface area (TPSA) is 96.6 Å². The van der Waals surface area contributed by atoms with Crippen LogP contribution in [-0.2, 0) is 14.6 Å². The molecule has 156 valence electrons. The lowest BCUT2D eigenvalue weighted by Crippen LogP contribution is -2.52. The third-order valence-corrected chi connectivity index (χ3v) is 7.97. The fraction of sp³-hybridized carbons (Fsp3) is 0.526. The molecule has 1 unspecified atom stereocenters. The van der Waals surface area contributed by atoms with Crippen molar-refractivity contribution in [3.8, 4) is 11.5 Å². The Labute approximate surface area is 174 Å². The summed E-state index contributed by atoms with van der Waals surface area (Å²) in [6, 6.07) is 7.92. The number of rotatable bonds is 5. The average Bonchev–Trinajstić information content (AvgIpc) is 3.33. The Morgan fingerprint density at radius 2 is 1.90 bits per heavy atom. The minimum atomic E-state index is -2.88. The molecular formula is C19H24N4O4S2. The van der Waals surface area contributed by atoms with Crippen molar-refractivity contribution in [2.24, 2.45) is 0 Å². The van der Waals surface area contributed by atoms with Gasteiger partial charge in [-0.25, -0.2) is 8.42 Å². The standard InChI is InChI=1S/C19H24N4O4S2/c1-14-2-4-15(5-3-14)18-20-21-19(27-18)28-12-17(24)23-9-7-22(8-10-23)16-6-11-29(25,26)13-16/h2-5,16H,6-13H2,1H3. The van der Waals surface area contributed by atoms with Crippen LogP contribution in [0.2, 0.25) is 0 Å². The second-order valence-electron chi connectivity index (χ2n) is 7.50. The second-order valence-corrected chi connectivity index (χ2v) is 10.7. The van der Waals surface area contributed by atoms with Crippen LogP contribution >= 0.6 is 11.8 Å². The zero-order valence-corrected chi connectivity index (χ0v) is 17.9. The van der Waals surface area contributed by atoms with Gasteiger partial charge in [-0.3, -0.25) is 9.69 Å². The molecule has 0 radical (unpaired) electrons. The lowest BCUT2D eigenvalue weighted by Gasteiger charge is -2.37. The van der Waals surface area contributed by atoms with E-state index in [0.717, 1.165) is 11.1 Å². The van der Waals surface area contributed by atoms with E-state index in [-0.39, 0.29) is 29.2 Å². The van der Waals surface area contributed by atoms with E-state index in [1.165, 1.54) is 11.8 Å². The summed E-state index contributed by atoms with van der Waals surface area (Å²) in [5.41, 5.74) is 2.01. The van der Waals surface area contributed by atoms with E-state index >= 15 is 0 Å². The zero-order valence-electron chi connectivity index (χ0n) is 16.3. The van der Waals surface area contributed by atoms with Gasteiger partial charge in [-0.1, -0.05) is 29.5 Å². The highest BCUT2D eigenvalue weighted by atomic mass is 32.2. The number of sulfone groups is 1. The highest BCUT2D eigenvalue weighted by Gasteiger charge is 2.34. The number of aromatic nitrogens is 2. The molecule has 2 saturated heterocycles. The summed E-state index contributed by atoms with van der Waals surface area (Å²) in [4.78, 5) is 16.5. The third-order valence-electron chi connectivity index (χ3n) is 5.42. The molecule has 2 aromatic rings. The average molecular weight is 437 g/mol. The van der Waals surface area contributed by atoms with Gasteiger partial charge in [0.05, 0.1) is 17.3 Å². The van der Waals surface area contributed by atoms with Crippen molar-refractivity contribution in [2.45, 2.75) is 24.6 Å². The molecule has 2 aliphatic rings. The smallest absolute Gasteiger partial charge is 0.277 e. The maximum Gasteiger partial charge on any atom is 0.277 e. The fourth-order valence-corrected chi connectivity index (χ4v) is 6.12. The first kappa shape index (κ1) is 20.4. The number of nitrogens with zero attached hydrogens (tertiary/aromatic N) is 4. The Kier molecular flexibility index (Phi) is 5.93. The van der Waals surface area contributed by atoms with Crippen LogP contribution in [0.15, 0.2) is 33.9 Å². The van der Waals surface area contributed by atoms with Crippen molar-refractivity contribution < 1.29 is 17.6 Å². The van der Waals surface area contributed by atoms with Gasteiger partial charge in [-0.15, -0.1) is 10.2 Å². The molecule has 3 heterocycles. The minimum Gasteiger partial charge on any atom is -0.411 e. The number of carbonyl (C=O) groups excluding carboxylic acids is 1. The number of thioether (sulfide) groups is 1. The molecule has 1 aromatic carbocycles. The predicted molar refractivity (Wildman–Crippen MR) is 110 cm³/mol. The van der Waals surface area contributed by atoms with Gasteiger partial charge < -0.3 is 9.32 Å². The largest absolute Gasteiger partial charge is 0.411 e. The molecule has 0 bridgehead atoms. The maximum atomic E-state index is 12.5. The molecule has 4 rings (SSSR count). The van der Waals surface area contributed by atoms with Crippen LogP contribution in [0.25, 0.3) is 11.5 Å². The van der Waals surface area contributed by atoms with Crippen LogP contribution in [0.3, 0.4) is 0 Å². The normalized spacial score (nSPS) is 22.1. The van der Waals surface area contributed by atoms with Crippen molar-refractivity contribution in [2.75, 3.05) is 43.4 Å². The number of benzene rings is 1. The van der Waals surface area contributed by atoms with Gasteiger partial charge in [0.1, 0.15) is 0 Å². The number of amides is 1. The van der Waals surface area contributed by atoms with Crippen LogP contribution in [0.4, 0.5) is 0 Å². The van der Waals surface area contributed by atoms with Gasteiger partial charge >= 0.3 is 0 Å². The van der Waals surface area contributed by atoms with Crippen LogP contribution in [0.1, 0.15) is 12.0 Å². The molecule has 2 fully saturated rings. The number of piperazine rings is 1. The summed E-state index contributed by atoms with van der Waals surface area (Å²) in [5, 5.41) is 8.45. The summed E-state index contributed by atoms with van der Waals surface area (Å²) in [5.74, 6) is 1.25. The van der Waals surface area contributed by atoms with E-state index < -0.39 is 9.84 Å². The fourth-order valence-electron chi connectivity index (χ4n) is 3.70. The molecule has 0 spiro atoms. The monoisotopic (exact) mass is 436 g/mol. The number of hydrogen-bond donors (Lipinski definition) is 0. The molecule has 0 N–H and O–H groups in total. The first-order valence-electron chi connectivity index (χ1n) is 9.65. The Morgan fingerprint density at radius 1 is 1.17 bits per heavy atom. The van der Waals surface area contributed by atoms with Gasteiger partial charge in [-0.2, -0.15) is 0 Å². The molecular weight excluding hydrogens is 412 g/mol. The summed E-state index contributed by atoms with van der Waals surface area (Å²) < 4.78 is 29.0. The van der Waals surface area contributed by atoms with Crippen molar-refractivity contribution >= 4 is 27.5 Å². The summed E-state index contributed by atoms with van der Waals surface area (Å²) in [6.45, 7) is 4.69. The summed E-state index contributed by atoms with van der Waals surface area (Å²) in [6.07, 6.45) is 0.701. The third kappa shape index (κ3) is 4.99. The van der Waals surface area contributed by atoms with Crippen LogP contribution < -0.4 is 0 Å². The number of aryl methyl sites for hydroxylation is 1. The first-order chi connectivity index (χ1) is 13.9. The minimum absolute atomic E-state index is 0.0313. The summed E-state index contributed by atoms with van der Waals surface area (Å²) >= 11 is 1.24. The predicted octanol–water partition coefficient (Wildman–Crippen LogP) is 1.47. The number of carbonyl (C=O) groups is 1. The van der Waals surface area contributed by atoms with E-state index in [2.05, 4.69) is 15.1 Å². The molecule has 1 atom stereocenters. The zero-order chi connectivity index (χ0) is 20.4. The van der Waals surface area contributed by atoms with E-state index in [1.54, 1.807) is 0 Å². The van der Waals surface area contributed by atoms with Gasteiger partial charge in [0.15, 0.2) is 9.84 Å². The molecule has 0 aliphatic carbocycles. The highest BCUT2D eigenvalue weighted by Crippen LogP contribution is 2.24. The Balaban J connectivity index is 1.25. The number of hydrogen-bond acceptors (Lipinski definition) is 8. The van der Waals surface area contributed by atoms with E-state index in [1.807, 2.05) is 36.1 Å². The van der Waals surface area contributed by atoms with Crippen molar-refractivity contribution in [1.29, 1.82) is 0 Å². The van der Waals surface area contributed by atoms with Crippen molar-refractivity contribution in [3.05, 3.63) is 29.8 Å². The lowest BCUT2D eigenvalue weighted by atomic mass is 10.1. The Morgan fingerprint density at radius 3 is 2.55 bits per heavy atom. The maximum absolute atomic E-state index is 12.5. The Hall–Kier alpha value is -1.91. The highest BCUT2D eigenvalue weighted by molar-refractivity contribution is 7.99. The van der Waals surface area contributed by atoms with Gasteiger partial charge in [0, 0.05) is 37.8 Å². The molecule has 29 heavy (non-hydrogen) atoms. The molecule has 10 heteroatoms. The molecule has 1 aromatic heterocycles. The quantitative estimate of drug-likeness (QED) is 0.650. The van der Waals surface area contributed by atoms with Gasteiger partial charge in [-0.05, 0) is 25.5 Å². The molecule has 0 saturated carbocycles. The van der Waals surface area contributed by atoms with Crippen LogP contribution in [0, 0.1) is 6.92 Å². The molecule has 8 nitrogen and oxygen atoms in total. The van der Waals surface area contributed by atoms with Crippen LogP contribution in [-0.4, -0.2) is 83.8 Å². The van der Waals surface area contributed by atoms with Crippen molar-refractivity contribution in [1.82, 2.24) is 20.0 Å². The van der Waals surface area contributed by atoms with E-state index in [0.29, 0.717) is 43.7 Å². The second kappa shape index (κ2) is 8.45. The van der Waals surface area contributed by atoms with Gasteiger partial charge in [0.25, 0.3) is 5.22 Å². The van der Waals surface area contributed by atoms with Gasteiger partial charge in [0.2, 0.25) is 11.8 Å². The summed E-state index contributed by atoms with van der Waals surface area (Å²) in [7, 11) is -2.88. The SMILES string of the molecule is Cc1ccc(-c2nnc(SCC(=O)N3CCN(C4CCS(=O)(=O)C4)CC3)o2)cc1. The Bertz CT molecular complexity index is 966. The molecule has 1 amide bonds. The van der Waals surface area contributed by atoms with Crippen LogP contribution in [0.5, 0.6) is 0 Å². The van der Waals surface area contributed by atoms with E-state index in [9.17, 15) is 13.2 Å². The lowest BCUT2D eigenvalue weighted by molar-refractivity contribution is -0.130. The van der Waals surface area contributed by atoms with E-state index in [4.69, 9.17) is 4.42 Å². The molecule has 2 aliphatic heterocycles. The first-order valence-corrected chi connectivity index (χ1v) is 12.5.